The van der Waals surface area contributed by atoms with E-state index in [1.165, 1.54) is 18.2 Å². The number of hydrogen-bond acceptors (Lipinski definition) is 5. The van der Waals surface area contributed by atoms with Crippen LogP contribution in [-0.4, -0.2) is 23.2 Å². The van der Waals surface area contributed by atoms with Gasteiger partial charge >= 0.3 is 6.09 Å². The highest BCUT2D eigenvalue weighted by molar-refractivity contribution is 5.86. The van der Waals surface area contributed by atoms with E-state index in [1.54, 1.807) is 20.8 Å². The number of benzene rings is 1. The van der Waals surface area contributed by atoms with E-state index in [1.807, 2.05) is 13.8 Å². The van der Waals surface area contributed by atoms with Gasteiger partial charge in [0.15, 0.2) is 0 Å². The van der Waals surface area contributed by atoms with Crippen LogP contribution in [0.15, 0.2) is 18.2 Å². The van der Waals surface area contributed by atoms with E-state index in [-0.39, 0.29) is 5.69 Å². The molecule has 1 amide bonds. The third-order valence-electron chi connectivity index (χ3n) is 2.54. The van der Waals surface area contributed by atoms with Gasteiger partial charge in [-0.25, -0.2) is 4.79 Å². The van der Waals surface area contributed by atoms with Crippen LogP contribution in [0.25, 0.3) is 0 Å². The highest BCUT2D eigenvalue weighted by Gasteiger charge is 2.18. The highest BCUT2D eigenvalue weighted by Crippen LogP contribution is 2.28. The second-order valence-corrected chi connectivity index (χ2v) is 6.39. The summed E-state index contributed by atoms with van der Waals surface area (Å²) in [5, 5.41) is 16.6. The first-order chi connectivity index (χ1) is 10.1. The van der Waals surface area contributed by atoms with Crippen LogP contribution in [0.4, 0.5) is 21.9 Å². The summed E-state index contributed by atoms with van der Waals surface area (Å²) in [6.45, 7) is 9.88. The molecule has 1 aromatic carbocycles. The van der Waals surface area contributed by atoms with Crippen molar-refractivity contribution in [2.75, 3.05) is 17.2 Å². The minimum Gasteiger partial charge on any atom is -0.444 e. The van der Waals surface area contributed by atoms with E-state index >= 15 is 0 Å². The van der Waals surface area contributed by atoms with E-state index in [0.29, 0.717) is 23.8 Å². The maximum absolute atomic E-state index is 11.7. The zero-order valence-electron chi connectivity index (χ0n) is 13.6. The summed E-state index contributed by atoms with van der Waals surface area (Å²) >= 11 is 0. The van der Waals surface area contributed by atoms with Crippen LogP contribution in [0.3, 0.4) is 0 Å². The van der Waals surface area contributed by atoms with Gasteiger partial charge in [-0.1, -0.05) is 13.8 Å². The van der Waals surface area contributed by atoms with Gasteiger partial charge in [0.2, 0.25) is 0 Å². The van der Waals surface area contributed by atoms with Crippen LogP contribution in [0.1, 0.15) is 34.6 Å². The lowest BCUT2D eigenvalue weighted by Crippen LogP contribution is -2.27. The number of nitro groups is 1. The Morgan fingerprint density at radius 2 is 2.00 bits per heavy atom. The van der Waals surface area contributed by atoms with Crippen LogP contribution >= 0.6 is 0 Å². The van der Waals surface area contributed by atoms with Crippen molar-refractivity contribution in [3.05, 3.63) is 28.3 Å². The molecule has 0 spiro atoms. The molecule has 22 heavy (non-hydrogen) atoms. The van der Waals surface area contributed by atoms with Gasteiger partial charge < -0.3 is 10.1 Å². The molecule has 0 bridgehead atoms. The molecule has 0 aromatic heterocycles. The number of anilines is 2. The Bertz CT molecular complexity index is 550. The zero-order chi connectivity index (χ0) is 16.9. The Labute approximate surface area is 130 Å². The van der Waals surface area contributed by atoms with Gasteiger partial charge in [0.25, 0.3) is 5.69 Å². The fraction of sp³-hybridized carbons (Fsp3) is 0.533. The maximum Gasteiger partial charge on any atom is 0.412 e. The molecule has 2 N–H and O–H groups in total. The number of nitrogens with one attached hydrogen (secondary N) is 2. The molecule has 0 saturated carbocycles. The van der Waals surface area contributed by atoms with Crippen molar-refractivity contribution in [3.8, 4) is 0 Å². The Morgan fingerprint density at radius 3 is 2.50 bits per heavy atom. The van der Waals surface area contributed by atoms with E-state index in [4.69, 9.17) is 4.74 Å². The number of ether oxygens (including phenoxy) is 1. The molecule has 0 radical (unpaired) electrons. The average molecular weight is 309 g/mol. The van der Waals surface area contributed by atoms with Gasteiger partial charge in [0.1, 0.15) is 11.3 Å². The summed E-state index contributed by atoms with van der Waals surface area (Å²) in [5.41, 5.74) is 0.164. The molecule has 122 valence electrons. The molecule has 1 rings (SSSR count). The van der Waals surface area contributed by atoms with Crippen molar-refractivity contribution >= 4 is 23.2 Å². The van der Waals surface area contributed by atoms with Crippen LogP contribution < -0.4 is 10.6 Å². The number of carbonyl (C=O) groups is 1. The van der Waals surface area contributed by atoms with Crippen LogP contribution in [0.2, 0.25) is 0 Å². The summed E-state index contributed by atoms with van der Waals surface area (Å²) in [6.07, 6.45) is -0.601. The van der Waals surface area contributed by atoms with Gasteiger partial charge in [0, 0.05) is 18.3 Å². The molecule has 0 aliphatic carbocycles. The van der Waals surface area contributed by atoms with Gasteiger partial charge in [0.05, 0.1) is 4.92 Å². The normalized spacial score (nSPS) is 11.2. The lowest BCUT2D eigenvalue weighted by atomic mass is 10.2. The van der Waals surface area contributed by atoms with Crippen molar-refractivity contribution in [2.45, 2.75) is 40.2 Å². The van der Waals surface area contributed by atoms with Crippen molar-refractivity contribution in [1.29, 1.82) is 0 Å². The van der Waals surface area contributed by atoms with Crippen LogP contribution in [0, 0.1) is 16.0 Å². The SMILES string of the molecule is CC(C)CNc1cc(NC(=O)OC(C)(C)C)ccc1[N+](=O)[O-]. The maximum atomic E-state index is 11.7. The van der Waals surface area contributed by atoms with Crippen molar-refractivity contribution < 1.29 is 14.5 Å². The third-order valence-corrected chi connectivity index (χ3v) is 2.54. The Balaban J connectivity index is 2.91. The minimum absolute atomic E-state index is 0.0320. The topological polar surface area (TPSA) is 93.5 Å². The number of carbonyl (C=O) groups excluding carboxylic acids is 1. The van der Waals surface area contributed by atoms with E-state index < -0.39 is 16.6 Å². The first-order valence-corrected chi connectivity index (χ1v) is 7.11. The van der Waals surface area contributed by atoms with E-state index in [2.05, 4.69) is 10.6 Å². The van der Waals surface area contributed by atoms with Crippen LogP contribution in [0.5, 0.6) is 0 Å². The lowest BCUT2D eigenvalue weighted by molar-refractivity contribution is -0.383. The molecule has 7 heteroatoms. The first-order valence-electron chi connectivity index (χ1n) is 7.11. The van der Waals surface area contributed by atoms with Gasteiger partial charge in [-0.3, -0.25) is 15.4 Å². The molecule has 0 atom stereocenters. The number of rotatable bonds is 5. The van der Waals surface area contributed by atoms with Crippen molar-refractivity contribution in [1.82, 2.24) is 0 Å². The average Bonchev–Trinajstić information content (AvgIpc) is 2.33. The number of nitro benzene ring substituents is 1. The summed E-state index contributed by atoms with van der Waals surface area (Å²) in [5.74, 6) is 0.335. The quantitative estimate of drug-likeness (QED) is 0.633. The fourth-order valence-corrected chi connectivity index (χ4v) is 1.65. The summed E-state index contributed by atoms with van der Waals surface area (Å²) < 4.78 is 5.15. The monoisotopic (exact) mass is 309 g/mol. The molecular formula is C15H23N3O4. The van der Waals surface area contributed by atoms with Crippen LogP contribution in [-0.2, 0) is 4.74 Å². The molecule has 7 nitrogen and oxygen atoms in total. The third kappa shape index (κ3) is 5.99. The van der Waals surface area contributed by atoms with Gasteiger partial charge in [-0.2, -0.15) is 0 Å². The minimum atomic E-state index is -0.608. The second-order valence-electron chi connectivity index (χ2n) is 6.39. The summed E-state index contributed by atoms with van der Waals surface area (Å²) in [7, 11) is 0. The Kier molecular flexibility index (Phi) is 5.73. The fourth-order valence-electron chi connectivity index (χ4n) is 1.65. The Morgan fingerprint density at radius 1 is 1.36 bits per heavy atom. The summed E-state index contributed by atoms with van der Waals surface area (Å²) in [6, 6.07) is 4.36. The largest absolute Gasteiger partial charge is 0.444 e. The number of amides is 1. The van der Waals surface area contributed by atoms with Gasteiger partial charge in [-0.15, -0.1) is 0 Å². The molecule has 0 heterocycles. The Hall–Kier alpha value is -2.31. The predicted octanol–water partition coefficient (Wildman–Crippen LogP) is 4.01. The number of hydrogen-bond donors (Lipinski definition) is 2. The van der Waals surface area contributed by atoms with Crippen molar-refractivity contribution in [3.63, 3.8) is 0 Å². The van der Waals surface area contributed by atoms with E-state index in [0.717, 1.165) is 0 Å². The molecular weight excluding hydrogens is 286 g/mol. The molecule has 0 fully saturated rings. The standard InChI is InChI=1S/C15H23N3O4/c1-10(2)9-16-12-8-11(6-7-13(12)18(20)21)17-14(19)22-15(3,4)5/h6-8,10,16H,9H2,1-5H3,(H,17,19). The van der Waals surface area contributed by atoms with E-state index in [9.17, 15) is 14.9 Å². The molecule has 0 saturated heterocycles. The molecule has 0 unspecified atom stereocenters. The predicted molar refractivity (Wildman–Crippen MR) is 86.3 cm³/mol. The molecule has 0 aliphatic rings. The second kappa shape index (κ2) is 7.11. The van der Waals surface area contributed by atoms with Crippen molar-refractivity contribution in [2.24, 2.45) is 5.92 Å². The smallest absolute Gasteiger partial charge is 0.412 e. The zero-order valence-corrected chi connectivity index (χ0v) is 13.6. The summed E-state index contributed by atoms with van der Waals surface area (Å²) in [4.78, 5) is 22.3. The lowest BCUT2D eigenvalue weighted by Gasteiger charge is -2.20. The molecule has 1 aromatic rings. The number of nitrogens with zero attached hydrogens (tertiary/aromatic N) is 1. The molecule has 0 aliphatic heterocycles. The highest BCUT2D eigenvalue weighted by atomic mass is 16.6. The first kappa shape index (κ1) is 17.7. The van der Waals surface area contributed by atoms with Gasteiger partial charge in [-0.05, 0) is 38.8 Å².